The first-order valence-electron chi connectivity index (χ1n) is 7.04. The van der Waals surface area contributed by atoms with Gasteiger partial charge in [-0.05, 0) is 6.92 Å². The van der Waals surface area contributed by atoms with Crippen LogP contribution in [0.15, 0.2) is 40.1 Å². The van der Waals surface area contributed by atoms with Gasteiger partial charge in [0.25, 0.3) is 5.56 Å². The van der Waals surface area contributed by atoms with Crippen LogP contribution >= 0.6 is 0 Å². The van der Waals surface area contributed by atoms with E-state index in [2.05, 4.69) is 0 Å². The normalized spacial score (nSPS) is 31.2. The van der Waals surface area contributed by atoms with Gasteiger partial charge in [0.05, 0.1) is 24.3 Å². The molecule has 3 rings (SSSR count). The maximum atomic E-state index is 12.6. The molecule has 6 heteroatoms. The van der Waals surface area contributed by atoms with E-state index in [-0.39, 0.29) is 11.6 Å². The lowest BCUT2D eigenvalue weighted by atomic mass is 10.2. The predicted molar refractivity (Wildman–Crippen MR) is 77.3 cm³/mol. The van der Waals surface area contributed by atoms with Gasteiger partial charge >= 0.3 is 5.69 Å². The zero-order chi connectivity index (χ0) is 15.1. The van der Waals surface area contributed by atoms with Crippen molar-refractivity contribution in [1.82, 2.24) is 9.13 Å². The Kier molecular flexibility index (Phi) is 3.43. The molecule has 2 N–H and O–H groups in total. The van der Waals surface area contributed by atoms with Crippen LogP contribution in [0.1, 0.15) is 30.5 Å². The standard InChI is InChI=1S/C15H18N2O4/c1-9-8-16(10-2-4-12(18)6-10)15(21)17(14(9)20)11-3-5-13(19)7-11/h2-5,8,10-13,18-19H,6-7H2,1H3/t10-,11?,12+,13?/m0/s1. The molecule has 0 saturated carbocycles. The predicted octanol–water partition coefficient (Wildman–Crippen LogP) is 0.0422. The van der Waals surface area contributed by atoms with Crippen molar-refractivity contribution in [2.45, 2.75) is 44.1 Å². The van der Waals surface area contributed by atoms with E-state index in [0.29, 0.717) is 18.4 Å². The van der Waals surface area contributed by atoms with E-state index in [1.54, 1.807) is 37.4 Å². The minimum absolute atomic E-state index is 0.242. The van der Waals surface area contributed by atoms with Gasteiger partial charge in [-0.25, -0.2) is 4.79 Å². The van der Waals surface area contributed by atoms with Crippen LogP contribution in [0, 0.1) is 6.92 Å². The van der Waals surface area contributed by atoms with E-state index in [9.17, 15) is 19.8 Å². The first kappa shape index (κ1) is 14.0. The van der Waals surface area contributed by atoms with E-state index in [1.807, 2.05) is 0 Å². The molecule has 0 saturated heterocycles. The molecular weight excluding hydrogens is 272 g/mol. The summed E-state index contributed by atoms with van der Waals surface area (Å²) < 4.78 is 2.68. The van der Waals surface area contributed by atoms with Crippen molar-refractivity contribution < 1.29 is 10.2 Å². The van der Waals surface area contributed by atoms with Gasteiger partial charge in [0, 0.05) is 24.6 Å². The molecule has 1 aromatic heterocycles. The molecule has 21 heavy (non-hydrogen) atoms. The number of rotatable bonds is 2. The Labute approximate surface area is 121 Å². The topological polar surface area (TPSA) is 84.5 Å². The van der Waals surface area contributed by atoms with Crippen LogP contribution in [-0.4, -0.2) is 31.6 Å². The third kappa shape index (κ3) is 2.41. The minimum Gasteiger partial charge on any atom is -0.389 e. The Bertz CT molecular complexity index is 728. The molecule has 1 heterocycles. The number of allylic oxidation sites excluding steroid dienone is 2. The number of aliphatic hydroxyl groups excluding tert-OH is 2. The number of hydrogen-bond acceptors (Lipinski definition) is 4. The van der Waals surface area contributed by atoms with Crippen LogP contribution in [0.5, 0.6) is 0 Å². The van der Waals surface area contributed by atoms with Crippen molar-refractivity contribution in [3.05, 3.63) is 56.9 Å². The summed E-state index contributed by atoms with van der Waals surface area (Å²) in [6, 6.07) is -0.658. The molecule has 112 valence electrons. The maximum Gasteiger partial charge on any atom is 0.332 e. The zero-order valence-corrected chi connectivity index (χ0v) is 11.7. The molecule has 0 fully saturated rings. The molecule has 2 aliphatic rings. The zero-order valence-electron chi connectivity index (χ0n) is 11.7. The van der Waals surface area contributed by atoms with Gasteiger partial charge in [-0.2, -0.15) is 0 Å². The molecule has 0 amide bonds. The second-order valence-electron chi connectivity index (χ2n) is 5.69. The summed E-state index contributed by atoms with van der Waals surface area (Å²) >= 11 is 0. The average molecular weight is 290 g/mol. The summed E-state index contributed by atoms with van der Waals surface area (Å²) in [5, 5.41) is 19.1. The van der Waals surface area contributed by atoms with Crippen molar-refractivity contribution in [2.75, 3.05) is 0 Å². The van der Waals surface area contributed by atoms with Crippen molar-refractivity contribution in [2.24, 2.45) is 0 Å². The number of aliphatic hydroxyl groups is 2. The summed E-state index contributed by atoms with van der Waals surface area (Å²) in [6.07, 6.45) is 7.85. The Morgan fingerprint density at radius 1 is 1.00 bits per heavy atom. The van der Waals surface area contributed by atoms with Gasteiger partial charge in [0.1, 0.15) is 0 Å². The van der Waals surface area contributed by atoms with Gasteiger partial charge < -0.3 is 10.2 Å². The summed E-state index contributed by atoms with van der Waals surface area (Å²) in [5.41, 5.74) is -0.264. The lowest BCUT2D eigenvalue weighted by Crippen LogP contribution is -2.43. The van der Waals surface area contributed by atoms with E-state index in [1.165, 1.54) is 9.13 Å². The van der Waals surface area contributed by atoms with E-state index in [0.717, 1.165) is 0 Å². The largest absolute Gasteiger partial charge is 0.389 e. The average Bonchev–Trinajstić information content (AvgIpc) is 3.03. The van der Waals surface area contributed by atoms with Crippen molar-refractivity contribution in [3.8, 4) is 0 Å². The monoisotopic (exact) mass is 290 g/mol. The van der Waals surface area contributed by atoms with Crippen molar-refractivity contribution in [1.29, 1.82) is 0 Å². The third-order valence-electron chi connectivity index (χ3n) is 4.08. The first-order chi connectivity index (χ1) is 9.97. The molecule has 6 nitrogen and oxygen atoms in total. The van der Waals surface area contributed by atoms with Crippen LogP contribution in [0.3, 0.4) is 0 Å². The molecule has 0 aromatic carbocycles. The highest BCUT2D eigenvalue weighted by molar-refractivity contribution is 5.13. The second-order valence-corrected chi connectivity index (χ2v) is 5.69. The van der Waals surface area contributed by atoms with E-state index >= 15 is 0 Å². The second kappa shape index (κ2) is 5.13. The smallest absolute Gasteiger partial charge is 0.332 e. The fraction of sp³-hybridized carbons (Fsp3) is 0.467. The third-order valence-corrected chi connectivity index (χ3v) is 4.08. The highest BCUT2D eigenvalue weighted by Gasteiger charge is 2.26. The van der Waals surface area contributed by atoms with Crippen LogP contribution in [0.25, 0.3) is 0 Å². The minimum atomic E-state index is -0.622. The summed E-state index contributed by atoms with van der Waals surface area (Å²) in [5.74, 6) is 0. The van der Waals surface area contributed by atoms with Gasteiger partial charge in [-0.1, -0.05) is 24.3 Å². The van der Waals surface area contributed by atoms with Crippen molar-refractivity contribution >= 4 is 0 Å². The molecule has 4 atom stereocenters. The molecule has 1 aromatic rings. The Balaban J connectivity index is 2.10. The fourth-order valence-electron chi connectivity index (χ4n) is 2.97. The quantitative estimate of drug-likeness (QED) is 0.753. The summed E-state index contributed by atoms with van der Waals surface area (Å²) in [6.45, 7) is 1.67. The van der Waals surface area contributed by atoms with Crippen LogP contribution in [0.2, 0.25) is 0 Å². The Hall–Kier alpha value is -1.92. The van der Waals surface area contributed by atoms with Gasteiger partial charge in [-0.3, -0.25) is 13.9 Å². The van der Waals surface area contributed by atoms with Gasteiger partial charge in [0.2, 0.25) is 0 Å². The number of aromatic nitrogens is 2. The van der Waals surface area contributed by atoms with Crippen LogP contribution in [-0.2, 0) is 0 Å². The molecule has 0 bridgehead atoms. The van der Waals surface area contributed by atoms with Gasteiger partial charge in [0.15, 0.2) is 0 Å². The number of hydrogen-bond donors (Lipinski definition) is 2. The Morgan fingerprint density at radius 2 is 1.57 bits per heavy atom. The SMILES string of the molecule is Cc1cn([C@H]2C=C[C@@H](O)C2)c(=O)n(C2C=CC(O)C2)c1=O. The van der Waals surface area contributed by atoms with Crippen molar-refractivity contribution in [3.63, 3.8) is 0 Å². The van der Waals surface area contributed by atoms with E-state index in [4.69, 9.17) is 0 Å². The Morgan fingerprint density at radius 3 is 2.10 bits per heavy atom. The highest BCUT2D eigenvalue weighted by atomic mass is 16.3. The fourth-order valence-corrected chi connectivity index (χ4v) is 2.97. The molecule has 0 aliphatic heterocycles. The lowest BCUT2D eigenvalue weighted by molar-refractivity contribution is 0.205. The van der Waals surface area contributed by atoms with Crippen LogP contribution in [0.4, 0.5) is 0 Å². The highest BCUT2D eigenvalue weighted by Crippen LogP contribution is 2.23. The van der Waals surface area contributed by atoms with Crippen LogP contribution < -0.4 is 11.2 Å². The van der Waals surface area contributed by atoms with Gasteiger partial charge in [-0.15, -0.1) is 0 Å². The molecule has 0 radical (unpaired) electrons. The number of aryl methyl sites for hydroxylation is 1. The summed E-state index contributed by atoms with van der Waals surface area (Å²) in [7, 11) is 0. The first-order valence-corrected chi connectivity index (χ1v) is 7.04. The lowest BCUT2D eigenvalue weighted by Gasteiger charge is -2.19. The molecule has 2 aliphatic carbocycles. The maximum absolute atomic E-state index is 12.6. The molecule has 2 unspecified atom stereocenters. The molecular formula is C15H18N2O4. The van der Waals surface area contributed by atoms with E-state index < -0.39 is 23.9 Å². The summed E-state index contributed by atoms with van der Waals surface area (Å²) in [4.78, 5) is 24.9. The number of nitrogens with zero attached hydrogens (tertiary/aromatic N) is 2. The molecule has 0 spiro atoms.